The van der Waals surface area contributed by atoms with Crippen LogP contribution in [0, 0.1) is 0 Å². The predicted molar refractivity (Wildman–Crippen MR) is 120 cm³/mol. The molecule has 0 fully saturated rings. The monoisotopic (exact) mass is 432 g/mol. The Morgan fingerprint density at radius 1 is 1.21 bits per heavy atom. The van der Waals surface area contributed by atoms with Gasteiger partial charge in [0.2, 0.25) is 6.29 Å². The van der Waals surface area contributed by atoms with Crippen molar-refractivity contribution >= 4 is 25.9 Å². The first kappa shape index (κ1) is 22.1. The van der Waals surface area contributed by atoms with E-state index in [9.17, 15) is 4.79 Å². The molecule has 2 atom stereocenters. The van der Waals surface area contributed by atoms with Crippen LogP contribution >= 0.6 is 11.3 Å². The highest BCUT2D eigenvalue weighted by Gasteiger charge is 2.39. The fourth-order valence-electron chi connectivity index (χ4n) is 3.10. The van der Waals surface area contributed by atoms with E-state index in [0.29, 0.717) is 12.8 Å². The number of ether oxygens (including phenoxy) is 2. The summed E-state index contributed by atoms with van der Waals surface area (Å²) in [5, 5.41) is 2.27. The van der Waals surface area contributed by atoms with Gasteiger partial charge in [0.05, 0.1) is 6.10 Å². The van der Waals surface area contributed by atoms with E-state index in [0.717, 1.165) is 36.2 Å². The van der Waals surface area contributed by atoms with Gasteiger partial charge in [0.15, 0.2) is 19.8 Å². The molecule has 0 saturated heterocycles. The molecule has 0 saturated carbocycles. The maximum Gasteiger partial charge on any atom is 0.241 e. The van der Waals surface area contributed by atoms with Crippen LogP contribution in [0.3, 0.4) is 0 Å². The summed E-state index contributed by atoms with van der Waals surface area (Å²) < 4.78 is 18.6. The fraction of sp³-hybridized carbons (Fsp3) is 0.522. The Labute approximate surface area is 179 Å². The van der Waals surface area contributed by atoms with E-state index < -0.39 is 8.32 Å². The Morgan fingerprint density at radius 2 is 1.97 bits per heavy atom. The van der Waals surface area contributed by atoms with Gasteiger partial charge in [-0.05, 0) is 60.1 Å². The Kier molecular flexibility index (Phi) is 6.86. The first-order valence-electron chi connectivity index (χ1n) is 10.3. The summed E-state index contributed by atoms with van der Waals surface area (Å²) in [7, 11) is -1.94. The van der Waals surface area contributed by atoms with Gasteiger partial charge in [0.25, 0.3) is 0 Å². The van der Waals surface area contributed by atoms with Crippen molar-refractivity contribution in [3.63, 3.8) is 0 Å². The largest absolute Gasteiger partial charge is 0.451 e. The molecule has 1 aliphatic heterocycles. The predicted octanol–water partition coefficient (Wildman–Crippen LogP) is 6.52. The molecule has 0 bridgehead atoms. The lowest BCUT2D eigenvalue weighted by Crippen LogP contribution is -2.41. The first-order chi connectivity index (χ1) is 13.7. The summed E-state index contributed by atoms with van der Waals surface area (Å²) in [4.78, 5) is 12.0. The molecule has 0 aliphatic carbocycles. The molecule has 6 heteroatoms. The average Bonchev–Trinajstić information content (AvgIpc) is 3.30. The number of aldehydes is 1. The molecule has 2 heterocycles. The molecule has 2 aromatic rings. The smallest absolute Gasteiger partial charge is 0.241 e. The molecule has 0 radical (unpaired) electrons. The Morgan fingerprint density at radius 3 is 2.62 bits per heavy atom. The third-order valence-electron chi connectivity index (χ3n) is 5.85. The number of carbonyl (C=O) groups excluding carboxylic acids is 1. The van der Waals surface area contributed by atoms with Crippen LogP contribution in [0.5, 0.6) is 11.5 Å². The molecular weight excluding hydrogens is 400 g/mol. The SMILES string of the molecule is CC(C)(C)[Si](C)(C)OC(CCc1cccs1)c1ccc2c(c1)OC(CCC=O)O2. The van der Waals surface area contributed by atoms with Gasteiger partial charge >= 0.3 is 0 Å². The second-order valence-electron chi connectivity index (χ2n) is 9.10. The Bertz CT molecular complexity index is 811. The third kappa shape index (κ3) is 5.50. The Hall–Kier alpha value is -1.63. The summed E-state index contributed by atoms with van der Waals surface area (Å²) in [6.45, 7) is 11.4. The lowest BCUT2D eigenvalue weighted by atomic mass is 10.0. The summed E-state index contributed by atoms with van der Waals surface area (Å²) >= 11 is 1.79. The average molecular weight is 433 g/mol. The minimum atomic E-state index is -1.94. The first-order valence-corrected chi connectivity index (χ1v) is 14.1. The van der Waals surface area contributed by atoms with Crippen molar-refractivity contribution in [3.05, 3.63) is 46.2 Å². The molecule has 158 valence electrons. The minimum Gasteiger partial charge on any atom is -0.451 e. The summed E-state index contributed by atoms with van der Waals surface area (Å²) in [5.74, 6) is 1.49. The van der Waals surface area contributed by atoms with E-state index >= 15 is 0 Å². The molecule has 1 aliphatic rings. The van der Waals surface area contributed by atoms with E-state index in [1.165, 1.54) is 4.88 Å². The molecule has 4 nitrogen and oxygen atoms in total. The van der Waals surface area contributed by atoms with Crippen molar-refractivity contribution in [1.29, 1.82) is 0 Å². The standard InChI is InChI=1S/C23H32O4SSi/c1-23(2,3)29(4,5)27-19(13-11-18-8-7-15-28-18)17-10-12-20-21(16-17)26-22(25-20)9-6-14-24/h7-8,10,12,14-16,19,22H,6,9,11,13H2,1-5H3. The Balaban J connectivity index is 1.79. The van der Waals surface area contributed by atoms with E-state index in [-0.39, 0.29) is 17.4 Å². The van der Waals surface area contributed by atoms with Gasteiger partial charge in [-0.3, -0.25) is 0 Å². The van der Waals surface area contributed by atoms with E-state index in [2.05, 4.69) is 63.5 Å². The van der Waals surface area contributed by atoms with Crippen LogP contribution in [0.25, 0.3) is 0 Å². The molecule has 0 spiro atoms. The van der Waals surface area contributed by atoms with Gasteiger partial charge < -0.3 is 18.7 Å². The van der Waals surface area contributed by atoms with Crippen molar-refractivity contribution in [2.24, 2.45) is 0 Å². The van der Waals surface area contributed by atoms with E-state index in [1.54, 1.807) is 11.3 Å². The highest BCUT2D eigenvalue weighted by Crippen LogP contribution is 2.43. The zero-order valence-corrected chi connectivity index (χ0v) is 19.9. The van der Waals surface area contributed by atoms with Crippen LogP contribution in [-0.2, 0) is 15.6 Å². The molecule has 2 unspecified atom stereocenters. The number of thiophene rings is 1. The second kappa shape index (κ2) is 9.02. The lowest BCUT2D eigenvalue weighted by Gasteiger charge is -2.39. The van der Waals surface area contributed by atoms with Crippen LogP contribution in [0.1, 0.15) is 56.6 Å². The number of hydrogen-bond acceptors (Lipinski definition) is 5. The zero-order valence-electron chi connectivity index (χ0n) is 18.1. The number of carbonyl (C=O) groups is 1. The van der Waals surface area contributed by atoms with E-state index in [4.69, 9.17) is 13.9 Å². The summed E-state index contributed by atoms with van der Waals surface area (Å²) in [6.07, 6.45) is 3.46. The van der Waals surface area contributed by atoms with Crippen molar-refractivity contribution in [3.8, 4) is 11.5 Å². The highest BCUT2D eigenvalue weighted by atomic mass is 32.1. The summed E-state index contributed by atoms with van der Waals surface area (Å²) in [5.41, 5.74) is 1.13. The molecule has 0 N–H and O–H groups in total. The molecule has 1 aromatic heterocycles. The highest BCUT2D eigenvalue weighted by molar-refractivity contribution is 7.09. The number of hydrogen-bond donors (Lipinski definition) is 0. The van der Waals surface area contributed by atoms with Crippen LogP contribution in [-0.4, -0.2) is 20.9 Å². The molecule has 3 rings (SSSR count). The van der Waals surface area contributed by atoms with Gasteiger partial charge in [0.1, 0.15) is 6.29 Å². The summed E-state index contributed by atoms with van der Waals surface area (Å²) in [6, 6.07) is 10.4. The maximum atomic E-state index is 10.6. The van der Waals surface area contributed by atoms with Gasteiger partial charge in [-0.1, -0.05) is 32.9 Å². The number of fused-ring (bicyclic) bond motifs is 1. The lowest BCUT2D eigenvalue weighted by molar-refractivity contribution is -0.108. The molecular formula is C23H32O4SSi. The van der Waals surface area contributed by atoms with Crippen molar-refractivity contribution in [2.75, 3.05) is 0 Å². The van der Waals surface area contributed by atoms with Gasteiger partial charge in [-0.15, -0.1) is 11.3 Å². The quantitative estimate of drug-likeness (QED) is 0.334. The van der Waals surface area contributed by atoms with Gasteiger partial charge in [-0.25, -0.2) is 0 Å². The normalized spacial score (nSPS) is 17.3. The molecule has 29 heavy (non-hydrogen) atoms. The number of rotatable bonds is 9. The molecule has 1 aromatic carbocycles. The second-order valence-corrected chi connectivity index (χ2v) is 14.9. The zero-order chi connectivity index (χ0) is 21.1. The maximum absolute atomic E-state index is 10.6. The number of benzene rings is 1. The topological polar surface area (TPSA) is 44.8 Å². The minimum absolute atomic E-state index is 0.0147. The van der Waals surface area contributed by atoms with E-state index in [1.807, 2.05) is 6.07 Å². The van der Waals surface area contributed by atoms with Crippen molar-refractivity contribution < 1.29 is 18.7 Å². The van der Waals surface area contributed by atoms with Gasteiger partial charge in [0, 0.05) is 17.7 Å². The fourth-order valence-corrected chi connectivity index (χ4v) is 5.14. The van der Waals surface area contributed by atoms with Crippen molar-refractivity contribution in [1.82, 2.24) is 0 Å². The van der Waals surface area contributed by atoms with Crippen LogP contribution in [0.4, 0.5) is 0 Å². The van der Waals surface area contributed by atoms with Gasteiger partial charge in [-0.2, -0.15) is 0 Å². The van der Waals surface area contributed by atoms with Crippen molar-refractivity contribution in [2.45, 2.75) is 77.0 Å². The molecule has 0 amide bonds. The third-order valence-corrected chi connectivity index (χ3v) is 11.3. The van der Waals surface area contributed by atoms with Crippen LogP contribution < -0.4 is 9.47 Å². The number of aryl methyl sites for hydroxylation is 1. The van der Waals surface area contributed by atoms with Crippen LogP contribution in [0.2, 0.25) is 18.1 Å². The van der Waals surface area contributed by atoms with Crippen LogP contribution in [0.15, 0.2) is 35.7 Å².